The largest absolute Gasteiger partial charge is 0.495 e. The van der Waals surface area contributed by atoms with E-state index in [2.05, 4.69) is 16.9 Å². The molecule has 1 aliphatic rings. The first-order valence-corrected chi connectivity index (χ1v) is 10.5. The number of nitriles is 1. The number of carbonyl (C=O) groups excluding carboxylic acids is 1. The van der Waals surface area contributed by atoms with E-state index in [4.69, 9.17) is 21.7 Å². The van der Waals surface area contributed by atoms with Crippen molar-refractivity contribution in [3.8, 4) is 23.7 Å². The normalized spacial score (nSPS) is 14.7. The SMILES string of the molecule is COc1ccc(C#CC2(O)CCN(C(=O)Cc3ccc(N(N)/C=N\N)cc3)CC2)c(F)c1C#N. The lowest BCUT2D eigenvalue weighted by molar-refractivity contribution is -0.133. The Kier molecular flexibility index (Phi) is 7.69. The predicted molar refractivity (Wildman–Crippen MR) is 125 cm³/mol. The molecule has 10 heteroatoms. The van der Waals surface area contributed by atoms with Gasteiger partial charge < -0.3 is 20.6 Å². The second kappa shape index (κ2) is 10.7. The van der Waals surface area contributed by atoms with Gasteiger partial charge in [-0.3, -0.25) is 9.80 Å². The molecule has 0 saturated carbocycles. The highest BCUT2D eigenvalue weighted by molar-refractivity contribution is 5.80. The lowest BCUT2D eigenvalue weighted by atomic mass is 9.91. The Hall–Kier alpha value is -4.12. The summed E-state index contributed by atoms with van der Waals surface area (Å²) in [7, 11) is 1.35. The van der Waals surface area contributed by atoms with E-state index >= 15 is 0 Å². The Labute approximate surface area is 197 Å². The average Bonchev–Trinajstić information content (AvgIpc) is 2.84. The number of hydrazone groups is 1. The minimum Gasteiger partial charge on any atom is -0.495 e. The van der Waals surface area contributed by atoms with E-state index in [1.54, 1.807) is 35.2 Å². The van der Waals surface area contributed by atoms with Crippen molar-refractivity contribution in [2.75, 3.05) is 25.2 Å². The van der Waals surface area contributed by atoms with E-state index in [9.17, 15) is 14.3 Å². The number of halogens is 1. The molecule has 176 valence electrons. The van der Waals surface area contributed by atoms with Gasteiger partial charge in [-0.05, 0) is 29.8 Å². The fraction of sp³-hybridized carbons (Fsp3) is 0.292. The number of hydrazine groups is 1. The first-order chi connectivity index (χ1) is 16.3. The molecule has 2 aromatic carbocycles. The number of rotatable bonds is 5. The summed E-state index contributed by atoms with van der Waals surface area (Å²) < 4.78 is 19.5. The standard InChI is InChI=1S/C24H25FN6O3/c1-34-21-7-4-18(23(25)20(21)15-26)8-9-24(33)10-12-30(13-11-24)22(32)14-17-2-5-19(6-3-17)31(28)16-29-27/h2-7,16,33H,10-14,27-28H2,1H3/b29-16-. The maximum absolute atomic E-state index is 14.5. The van der Waals surface area contributed by atoms with Crippen LogP contribution in [0.5, 0.6) is 5.75 Å². The van der Waals surface area contributed by atoms with Crippen molar-refractivity contribution >= 4 is 17.9 Å². The van der Waals surface area contributed by atoms with Gasteiger partial charge in [0.25, 0.3) is 0 Å². The number of nitrogens with zero attached hydrogens (tertiary/aromatic N) is 4. The highest BCUT2D eigenvalue weighted by Gasteiger charge is 2.32. The number of amides is 1. The molecule has 0 aromatic heterocycles. The summed E-state index contributed by atoms with van der Waals surface area (Å²) in [5, 5.41) is 24.6. The zero-order valence-electron chi connectivity index (χ0n) is 18.7. The lowest BCUT2D eigenvalue weighted by Crippen LogP contribution is -2.46. The van der Waals surface area contributed by atoms with Crippen LogP contribution in [0.2, 0.25) is 0 Å². The third-order valence-corrected chi connectivity index (χ3v) is 5.59. The van der Waals surface area contributed by atoms with E-state index in [-0.39, 0.29) is 42.0 Å². The number of carbonyl (C=O) groups is 1. The van der Waals surface area contributed by atoms with Crippen molar-refractivity contribution in [3.05, 3.63) is 58.9 Å². The van der Waals surface area contributed by atoms with Gasteiger partial charge >= 0.3 is 0 Å². The number of nitrogens with two attached hydrogens (primary N) is 2. The molecule has 1 fully saturated rings. The monoisotopic (exact) mass is 464 g/mol. The second-order valence-electron chi connectivity index (χ2n) is 7.79. The highest BCUT2D eigenvalue weighted by Crippen LogP contribution is 2.25. The van der Waals surface area contributed by atoms with Gasteiger partial charge in [0.15, 0.2) is 5.82 Å². The summed E-state index contributed by atoms with van der Waals surface area (Å²) >= 11 is 0. The fourth-order valence-corrected chi connectivity index (χ4v) is 3.57. The van der Waals surface area contributed by atoms with E-state index in [0.29, 0.717) is 18.8 Å². The van der Waals surface area contributed by atoms with Crippen molar-refractivity contribution < 1.29 is 19.0 Å². The van der Waals surface area contributed by atoms with Crippen molar-refractivity contribution in [3.63, 3.8) is 0 Å². The molecule has 2 aromatic rings. The maximum Gasteiger partial charge on any atom is 0.226 e. The Bertz CT molecular complexity index is 1170. The number of piperidine rings is 1. The molecule has 0 spiro atoms. The Morgan fingerprint density at radius 3 is 2.59 bits per heavy atom. The van der Waals surface area contributed by atoms with Gasteiger partial charge in [0.1, 0.15) is 29.3 Å². The van der Waals surface area contributed by atoms with Gasteiger partial charge in [-0.15, -0.1) is 0 Å². The molecule has 9 nitrogen and oxygen atoms in total. The number of hydrogen-bond acceptors (Lipinski definition) is 7. The molecular weight excluding hydrogens is 439 g/mol. The average molecular weight is 465 g/mol. The number of benzene rings is 2. The van der Waals surface area contributed by atoms with E-state index < -0.39 is 11.4 Å². The van der Waals surface area contributed by atoms with E-state index in [1.807, 2.05) is 0 Å². The molecular formula is C24H25FN6O3. The Balaban J connectivity index is 1.61. The van der Waals surface area contributed by atoms with Gasteiger partial charge in [0.05, 0.1) is 24.8 Å². The van der Waals surface area contributed by atoms with Crippen molar-refractivity contribution in [1.82, 2.24) is 4.90 Å². The lowest BCUT2D eigenvalue weighted by Gasteiger charge is -2.35. The molecule has 0 unspecified atom stereocenters. The number of ether oxygens (including phenoxy) is 1. The molecule has 0 aliphatic carbocycles. The van der Waals surface area contributed by atoms with Gasteiger partial charge in [-0.25, -0.2) is 10.2 Å². The third-order valence-electron chi connectivity index (χ3n) is 5.59. The zero-order chi connectivity index (χ0) is 24.7. The van der Waals surface area contributed by atoms with Crippen LogP contribution in [-0.2, 0) is 11.2 Å². The highest BCUT2D eigenvalue weighted by atomic mass is 19.1. The van der Waals surface area contributed by atoms with Crippen LogP contribution < -0.4 is 21.4 Å². The maximum atomic E-state index is 14.5. The molecule has 1 amide bonds. The number of hydrogen-bond donors (Lipinski definition) is 3. The van der Waals surface area contributed by atoms with E-state index in [0.717, 1.165) is 5.56 Å². The summed E-state index contributed by atoms with van der Waals surface area (Å²) in [4.78, 5) is 14.4. The summed E-state index contributed by atoms with van der Waals surface area (Å²) in [5.74, 6) is 15.5. The van der Waals surface area contributed by atoms with Crippen molar-refractivity contribution in [2.24, 2.45) is 16.8 Å². The van der Waals surface area contributed by atoms with Crippen LogP contribution in [0.3, 0.4) is 0 Å². The van der Waals surface area contributed by atoms with E-state index in [1.165, 1.54) is 30.6 Å². The fourth-order valence-electron chi connectivity index (χ4n) is 3.57. The van der Waals surface area contributed by atoms with Crippen LogP contribution in [0, 0.1) is 29.0 Å². The number of likely N-dealkylation sites (tertiary alicyclic amines) is 1. The minimum atomic E-state index is -1.35. The molecule has 1 saturated heterocycles. The smallest absolute Gasteiger partial charge is 0.226 e. The summed E-state index contributed by atoms with van der Waals surface area (Å²) in [6.07, 6.45) is 1.93. The molecule has 1 aliphatic heterocycles. The number of aliphatic hydroxyl groups is 1. The first kappa shape index (κ1) is 24.5. The van der Waals surface area contributed by atoms with Crippen LogP contribution in [0.4, 0.5) is 10.1 Å². The third kappa shape index (κ3) is 5.62. The van der Waals surface area contributed by atoms with Crippen LogP contribution in [0.15, 0.2) is 41.5 Å². The minimum absolute atomic E-state index is 0.00140. The molecule has 34 heavy (non-hydrogen) atoms. The molecule has 0 radical (unpaired) electrons. The topological polar surface area (TPSA) is 141 Å². The van der Waals surface area contributed by atoms with Crippen LogP contribution in [-0.4, -0.2) is 48.1 Å². The van der Waals surface area contributed by atoms with Gasteiger partial charge in [-0.1, -0.05) is 24.0 Å². The molecule has 3 rings (SSSR count). The zero-order valence-corrected chi connectivity index (χ0v) is 18.7. The van der Waals surface area contributed by atoms with Gasteiger partial charge in [0.2, 0.25) is 5.91 Å². The van der Waals surface area contributed by atoms with Crippen LogP contribution >= 0.6 is 0 Å². The quantitative estimate of drug-likeness (QED) is 0.199. The molecule has 0 bridgehead atoms. The second-order valence-corrected chi connectivity index (χ2v) is 7.79. The predicted octanol–water partition coefficient (Wildman–Crippen LogP) is 1.24. The number of methoxy groups -OCH3 is 1. The first-order valence-electron chi connectivity index (χ1n) is 10.5. The van der Waals surface area contributed by atoms with Crippen LogP contribution in [0.25, 0.3) is 0 Å². The van der Waals surface area contributed by atoms with Gasteiger partial charge in [-0.2, -0.15) is 10.4 Å². The summed E-state index contributed by atoms with van der Waals surface area (Å²) in [5.41, 5.74) is -0.104. The summed E-state index contributed by atoms with van der Waals surface area (Å²) in [6.45, 7) is 0.639. The Morgan fingerprint density at radius 2 is 2.00 bits per heavy atom. The number of anilines is 1. The Morgan fingerprint density at radius 1 is 1.32 bits per heavy atom. The van der Waals surface area contributed by atoms with Crippen molar-refractivity contribution in [2.45, 2.75) is 24.9 Å². The summed E-state index contributed by atoms with van der Waals surface area (Å²) in [6, 6.07) is 11.7. The molecule has 5 N–H and O–H groups in total. The van der Waals surface area contributed by atoms with Crippen molar-refractivity contribution in [1.29, 1.82) is 5.26 Å². The van der Waals surface area contributed by atoms with Gasteiger partial charge in [0, 0.05) is 25.9 Å². The molecule has 0 atom stereocenters. The van der Waals surface area contributed by atoms with Crippen LogP contribution in [0.1, 0.15) is 29.5 Å². The molecule has 1 heterocycles.